The van der Waals surface area contributed by atoms with Crippen molar-refractivity contribution in [3.05, 3.63) is 12.2 Å². The number of hydrogen-bond donors (Lipinski definition) is 0. The molecule has 0 aliphatic heterocycles. The van der Waals surface area contributed by atoms with Crippen molar-refractivity contribution in [3.63, 3.8) is 0 Å². The first-order valence-corrected chi connectivity index (χ1v) is 6.61. The van der Waals surface area contributed by atoms with Crippen LogP contribution in [0.5, 0.6) is 0 Å². The van der Waals surface area contributed by atoms with Gasteiger partial charge in [-0.1, -0.05) is 44.0 Å². The molecule has 0 amide bonds. The van der Waals surface area contributed by atoms with Gasteiger partial charge in [-0.05, 0) is 19.8 Å². The maximum atomic E-state index is 11.4. The minimum atomic E-state index is -0.196. The highest BCUT2D eigenvalue weighted by atomic mass is 79.9. The van der Waals surface area contributed by atoms with E-state index >= 15 is 0 Å². The van der Waals surface area contributed by atoms with Gasteiger partial charge < -0.3 is 4.74 Å². The lowest BCUT2D eigenvalue weighted by Gasteiger charge is -2.22. The highest BCUT2D eigenvalue weighted by molar-refractivity contribution is 9.10. The molecule has 2 nitrogen and oxygen atoms in total. The van der Waals surface area contributed by atoms with Gasteiger partial charge in [0.1, 0.15) is 4.83 Å². The molecule has 0 spiro atoms. The van der Waals surface area contributed by atoms with E-state index in [-0.39, 0.29) is 16.7 Å². The lowest BCUT2D eigenvalue weighted by molar-refractivity contribution is -0.143. The molecule has 3 unspecified atom stereocenters. The van der Waals surface area contributed by atoms with Gasteiger partial charge in [0, 0.05) is 10.7 Å². The molecule has 0 aromatic carbocycles. The maximum absolute atomic E-state index is 11.4. The molecular weight excluding hydrogens is 312 g/mol. The molecule has 3 atom stereocenters. The molecule has 0 aromatic rings. The van der Waals surface area contributed by atoms with Gasteiger partial charge in [0.15, 0.2) is 0 Å². The van der Waals surface area contributed by atoms with Gasteiger partial charge in [-0.2, -0.15) is 0 Å². The zero-order valence-electron chi connectivity index (χ0n) is 8.08. The molecule has 0 fully saturated rings. The predicted molar refractivity (Wildman–Crippen MR) is 63.9 cm³/mol. The van der Waals surface area contributed by atoms with E-state index in [1.54, 1.807) is 0 Å². The van der Waals surface area contributed by atoms with Gasteiger partial charge in [-0.25, -0.2) is 0 Å². The lowest BCUT2D eigenvalue weighted by Crippen LogP contribution is -2.27. The number of rotatable bonds is 3. The standard InChI is InChI=1S/C10H14Br2O2/c1-2-14-10(13)9(12)7-3-5-8(11)6-4-7/h3,5,7-9H,2,4,6H2,1H3. The Bertz CT molecular complexity index is 228. The summed E-state index contributed by atoms with van der Waals surface area (Å²) in [7, 11) is 0. The lowest BCUT2D eigenvalue weighted by atomic mass is 9.93. The predicted octanol–water partition coefficient (Wildman–Crippen LogP) is 3.04. The van der Waals surface area contributed by atoms with Crippen molar-refractivity contribution in [1.82, 2.24) is 0 Å². The zero-order valence-corrected chi connectivity index (χ0v) is 11.3. The molecule has 0 bridgehead atoms. The maximum Gasteiger partial charge on any atom is 0.320 e. The summed E-state index contributed by atoms with van der Waals surface area (Å²) >= 11 is 6.90. The Labute approximate surface area is 101 Å². The summed E-state index contributed by atoms with van der Waals surface area (Å²) in [4.78, 5) is 11.7. The van der Waals surface area contributed by atoms with E-state index in [0.29, 0.717) is 11.4 Å². The molecule has 0 saturated heterocycles. The summed E-state index contributed by atoms with van der Waals surface area (Å²) in [6.45, 7) is 2.27. The van der Waals surface area contributed by atoms with Crippen molar-refractivity contribution < 1.29 is 9.53 Å². The van der Waals surface area contributed by atoms with Crippen LogP contribution < -0.4 is 0 Å². The summed E-state index contributed by atoms with van der Waals surface area (Å²) in [5.74, 6) is 0.109. The number of halogens is 2. The Morgan fingerprint density at radius 3 is 2.79 bits per heavy atom. The van der Waals surface area contributed by atoms with Crippen molar-refractivity contribution in [2.75, 3.05) is 6.61 Å². The van der Waals surface area contributed by atoms with Crippen LogP contribution in [-0.2, 0) is 9.53 Å². The van der Waals surface area contributed by atoms with E-state index in [1.165, 1.54) is 0 Å². The molecule has 80 valence electrons. The fourth-order valence-electron chi connectivity index (χ4n) is 1.45. The van der Waals surface area contributed by atoms with E-state index in [4.69, 9.17) is 4.74 Å². The van der Waals surface area contributed by atoms with Crippen molar-refractivity contribution in [2.24, 2.45) is 5.92 Å². The van der Waals surface area contributed by atoms with Crippen LogP contribution in [0.3, 0.4) is 0 Å². The Morgan fingerprint density at radius 2 is 2.29 bits per heavy atom. The summed E-state index contributed by atoms with van der Waals surface area (Å²) in [5.41, 5.74) is 0. The first-order valence-electron chi connectivity index (χ1n) is 4.78. The van der Waals surface area contributed by atoms with Crippen molar-refractivity contribution in [3.8, 4) is 0 Å². The fourth-order valence-corrected chi connectivity index (χ4v) is 2.46. The molecule has 0 aromatic heterocycles. The largest absolute Gasteiger partial charge is 0.465 e. The van der Waals surface area contributed by atoms with Gasteiger partial charge in [0.05, 0.1) is 6.61 Å². The molecule has 1 rings (SSSR count). The molecule has 0 radical (unpaired) electrons. The Morgan fingerprint density at radius 1 is 1.57 bits per heavy atom. The number of hydrogen-bond acceptors (Lipinski definition) is 2. The molecular formula is C10H14Br2O2. The second-order valence-corrected chi connectivity index (χ2v) is 5.46. The van der Waals surface area contributed by atoms with Crippen LogP contribution in [0, 0.1) is 5.92 Å². The Kier molecular flexibility index (Phi) is 5.17. The molecule has 1 aliphatic carbocycles. The fraction of sp³-hybridized carbons (Fsp3) is 0.700. The summed E-state index contributed by atoms with van der Waals surface area (Å²) in [6.07, 6.45) is 6.27. The number of carbonyl (C=O) groups is 1. The minimum absolute atomic E-state index is 0.157. The van der Waals surface area contributed by atoms with Crippen LogP contribution in [0.2, 0.25) is 0 Å². The Hall–Kier alpha value is 0.170. The second-order valence-electron chi connectivity index (χ2n) is 3.30. The summed E-state index contributed by atoms with van der Waals surface area (Å²) in [5, 5.41) is 0. The van der Waals surface area contributed by atoms with Gasteiger partial charge >= 0.3 is 5.97 Å². The zero-order chi connectivity index (χ0) is 10.6. The van der Waals surface area contributed by atoms with Gasteiger partial charge in [0.2, 0.25) is 0 Å². The van der Waals surface area contributed by atoms with Crippen LogP contribution in [-0.4, -0.2) is 22.2 Å². The van der Waals surface area contributed by atoms with E-state index in [1.807, 2.05) is 6.92 Å². The average Bonchev–Trinajstić information content (AvgIpc) is 2.18. The highest BCUT2D eigenvalue weighted by Gasteiger charge is 2.27. The van der Waals surface area contributed by atoms with Crippen LogP contribution in [0.15, 0.2) is 12.2 Å². The van der Waals surface area contributed by atoms with Crippen LogP contribution in [0.4, 0.5) is 0 Å². The number of allylic oxidation sites excluding steroid dienone is 2. The second kappa shape index (κ2) is 5.91. The molecule has 0 heterocycles. The van der Waals surface area contributed by atoms with Crippen LogP contribution >= 0.6 is 31.9 Å². The first kappa shape index (κ1) is 12.2. The minimum Gasteiger partial charge on any atom is -0.465 e. The average molecular weight is 326 g/mol. The monoisotopic (exact) mass is 324 g/mol. The molecule has 1 aliphatic rings. The number of alkyl halides is 2. The molecule has 0 saturated carbocycles. The Balaban J connectivity index is 2.48. The summed E-state index contributed by atoms with van der Waals surface area (Å²) in [6, 6.07) is 0. The van der Waals surface area contributed by atoms with Gasteiger partial charge in [-0.3, -0.25) is 4.79 Å². The molecule has 0 N–H and O–H groups in total. The molecule has 4 heteroatoms. The van der Waals surface area contributed by atoms with E-state index in [0.717, 1.165) is 12.8 Å². The van der Waals surface area contributed by atoms with Crippen LogP contribution in [0.25, 0.3) is 0 Å². The third-order valence-corrected chi connectivity index (χ3v) is 4.05. The normalized spacial score (nSPS) is 28.5. The SMILES string of the molecule is CCOC(=O)C(Br)C1C=CC(Br)CC1. The van der Waals surface area contributed by atoms with E-state index < -0.39 is 0 Å². The van der Waals surface area contributed by atoms with Crippen molar-refractivity contribution in [2.45, 2.75) is 29.4 Å². The molecule has 14 heavy (non-hydrogen) atoms. The smallest absolute Gasteiger partial charge is 0.320 e. The third kappa shape index (κ3) is 3.39. The van der Waals surface area contributed by atoms with Crippen LogP contribution in [0.1, 0.15) is 19.8 Å². The summed E-state index contributed by atoms with van der Waals surface area (Å²) < 4.78 is 4.95. The quantitative estimate of drug-likeness (QED) is 0.453. The van der Waals surface area contributed by atoms with E-state index in [2.05, 4.69) is 44.0 Å². The van der Waals surface area contributed by atoms with Gasteiger partial charge in [-0.15, -0.1) is 0 Å². The van der Waals surface area contributed by atoms with Crippen molar-refractivity contribution >= 4 is 37.8 Å². The highest BCUT2D eigenvalue weighted by Crippen LogP contribution is 2.28. The first-order chi connectivity index (χ1) is 6.65. The van der Waals surface area contributed by atoms with E-state index in [9.17, 15) is 4.79 Å². The topological polar surface area (TPSA) is 26.3 Å². The number of carbonyl (C=O) groups excluding carboxylic acids is 1. The van der Waals surface area contributed by atoms with Gasteiger partial charge in [0.25, 0.3) is 0 Å². The number of ether oxygens (including phenoxy) is 1. The van der Waals surface area contributed by atoms with Crippen molar-refractivity contribution in [1.29, 1.82) is 0 Å². The third-order valence-electron chi connectivity index (χ3n) is 2.23. The number of esters is 1.